The number of H-pyrrole nitrogens is 1. The number of benzene rings is 1. The lowest BCUT2D eigenvalue weighted by Gasteiger charge is -2.34. The summed E-state index contributed by atoms with van der Waals surface area (Å²) in [5.41, 5.74) is 1.52. The molecule has 4 rings (SSSR count). The first-order valence-corrected chi connectivity index (χ1v) is 10.5. The minimum absolute atomic E-state index is 0.0297. The van der Waals surface area contributed by atoms with Crippen LogP contribution in [-0.4, -0.2) is 65.2 Å². The van der Waals surface area contributed by atoms with Gasteiger partial charge in [-0.1, -0.05) is 31.0 Å². The van der Waals surface area contributed by atoms with Gasteiger partial charge >= 0.3 is 0 Å². The lowest BCUT2D eigenvalue weighted by Crippen LogP contribution is -2.52. The fraction of sp³-hybridized carbons (Fsp3) is 0.500. The number of fused-ring (bicyclic) bond motifs is 1. The van der Waals surface area contributed by atoms with Crippen molar-refractivity contribution >= 4 is 28.6 Å². The van der Waals surface area contributed by atoms with E-state index in [2.05, 4.69) is 10.3 Å². The van der Waals surface area contributed by atoms with Crippen molar-refractivity contribution in [1.29, 1.82) is 0 Å². The van der Waals surface area contributed by atoms with Gasteiger partial charge in [0.1, 0.15) is 5.69 Å². The summed E-state index contributed by atoms with van der Waals surface area (Å²) in [6, 6.07) is 9.67. The molecule has 2 N–H and O–H groups in total. The topological polar surface area (TPSA) is 85.5 Å². The van der Waals surface area contributed by atoms with Crippen LogP contribution in [0.1, 0.15) is 42.6 Å². The van der Waals surface area contributed by atoms with Crippen LogP contribution in [-0.2, 0) is 9.59 Å². The van der Waals surface area contributed by atoms with Crippen molar-refractivity contribution in [3.05, 3.63) is 36.0 Å². The van der Waals surface area contributed by atoms with E-state index in [9.17, 15) is 14.4 Å². The number of hydrogen-bond acceptors (Lipinski definition) is 3. The summed E-state index contributed by atoms with van der Waals surface area (Å²) in [7, 11) is 0. The summed E-state index contributed by atoms with van der Waals surface area (Å²) in [6.07, 6.45) is 5.18. The number of rotatable bonds is 5. The highest BCUT2D eigenvalue weighted by Crippen LogP contribution is 2.27. The van der Waals surface area contributed by atoms with Gasteiger partial charge in [0.2, 0.25) is 11.8 Å². The third kappa shape index (κ3) is 4.60. The second kappa shape index (κ2) is 8.68. The molecular formula is C22H28N4O3. The molecule has 1 aliphatic heterocycles. The average Bonchev–Trinajstić information content (AvgIpc) is 3.41. The van der Waals surface area contributed by atoms with E-state index in [1.807, 2.05) is 30.3 Å². The van der Waals surface area contributed by atoms with Crippen LogP contribution in [0.4, 0.5) is 0 Å². The Hall–Kier alpha value is -2.83. The second-order valence-electron chi connectivity index (χ2n) is 8.07. The van der Waals surface area contributed by atoms with Gasteiger partial charge in [-0.25, -0.2) is 0 Å². The summed E-state index contributed by atoms with van der Waals surface area (Å²) in [6.45, 7) is 2.01. The normalized spacial score (nSPS) is 17.7. The molecule has 0 radical (unpaired) electrons. The zero-order valence-corrected chi connectivity index (χ0v) is 16.7. The molecule has 7 heteroatoms. The summed E-state index contributed by atoms with van der Waals surface area (Å²) in [5.74, 6) is 0.322. The molecule has 29 heavy (non-hydrogen) atoms. The fourth-order valence-corrected chi connectivity index (χ4v) is 4.35. The van der Waals surface area contributed by atoms with Gasteiger partial charge in [-0.05, 0) is 30.9 Å². The second-order valence-corrected chi connectivity index (χ2v) is 8.07. The average molecular weight is 396 g/mol. The first-order valence-electron chi connectivity index (χ1n) is 10.5. The molecule has 2 fully saturated rings. The lowest BCUT2D eigenvalue weighted by molar-refractivity contribution is -0.134. The van der Waals surface area contributed by atoms with Crippen LogP contribution >= 0.6 is 0 Å². The molecule has 1 aliphatic carbocycles. The van der Waals surface area contributed by atoms with E-state index in [4.69, 9.17) is 0 Å². The van der Waals surface area contributed by atoms with Gasteiger partial charge in [-0.15, -0.1) is 0 Å². The minimum atomic E-state index is -0.0810. The van der Waals surface area contributed by atoms with Gasteiger partial charge in [0.25, 0.3) is 5.91 Å². The Bertz CT molecular complexity index is 859. The Labute approximate surface area is 170 Å². The zero-order valence-electron chi connectivity index (χ0n) is 16.7. The molecule has 154 valence electrons. The van der Waals surface area contributed by atoms with E-state index in [0.717, 1.165) is 23.7 Å². The molecule has 1 saturated carbocycles. The largest absolute Gasteiger partial charge is 0.351 e. The van der Waals surface area contributed by atoms with Crippen LogP contribution in [0.15, 0.2) is 30.3 Å². The van der Waals surface area contributed by atoms with E-state index in [0.29, 0.717) is 44.2 Å². The Morgan fingerprint density at radius 1 is 1.00 bits per heavy atom. The maximum Gasteiger partial charge on any atom is 0.270 e. The Balaban J connectivity index is 1.23. The van der Waals surface area contributed by atoms with Crippen molar-refractivity contribution < 1.29 is 14.4 Å². The molecule has 3 amide bonds. The van der Waals surface area contributed by atoms with Gasteiger partial charge < -0.3 is 20.1 Å². The maximum atomic E-state index is 12.8. The number of para-hydroxylation sites is 1. The highest BCUT2D eigenvalue weighted by molar-refractivity contribution is 5.98. The maximum absolute atomic E-state index is 12.8. The fourth-order valence-electron chi connectivity index (χ4n) is 4.35. The number of nitrogens with one attached hydrogen (secondary N) is 2. The first-order chi connectivity index (χ1) is 14.1. The summed E-state index contributed by atoms with van der Waals surface area (Å²) in [4.78, 5) is 43.9. The van der Waals surface area contributed by atoms with Gasteiger partial charge in [-0.2, -0.15) is 0 Å². The van der Waals surface area contributed by atoms with Crippen LogP contribution < -0.4 is 5.32 Å². The molecule has 0 spiro atoms. The van der Waals surface area contributed by atoms with Crippen molar-refractivity contribution in [1.82, 2.24) is 20.1 Å². The van der Waals surface area contributed by atoms with Crippen LogP contribution in [0.2, 0.25) is 0 Å². The highest BCUT2D eigenvalue weighted by Gasteiger charge is 2.26. The standard InChI is InChI=1S/C22H28N4O3/c27-20(13-16-5-1-2-6-16)23-15-21(28)25-9-11-26(12-10-25)22(29)19-14-17-7-3-4-8-18(17)24-19/h3-4,7-8,14,16,24H,1-2,5-6,9-13,15H2,(H,23,27). The quantitative estimate of drug-likeness (QED) is 0.812. The van der Waals surface area contributed by atoms with Crippen LogP contribution in [0, 0.1) is 5.92 Å². The summed E-state index contributed by atoms with van der Waals surface area (Å²) in [5, 5.41) is 3.78. The van der Waals surface area contributed by atoms with Gasteiger partial charge in [0.15, 0.2) is 0 Å². The number of carbonyl (C=O) groups excluding carboxylic acids is 3. The molecule has 2 aromatic rings. The van der Waals surface area contributed by atoms with E-state index in [1.54, 1.807) is 9.80 Å². The van der Waals surface area contributed by atoms with E-state index in [-0.39, 0.29) is 24.3 Å². The number of amides is 3. The van der Waals surface area contributed by atoms with E-state index in [1.165, 1.54) is 12.8 Å². The van der Waals surface area contributed by atoms with Gasteiger partial charge in [0.05, 0.1) is 6.54 Å². The number of aromatic nitrogens is 1. The Morgan fingerprint density at radius 3 is 2.41 bits per heavy atom. The van der Waals surface area contributed by atoms with Crippen LogP contribution in [0.3, 0.4) is 0 Å². The van der Waals surface area contributed by atoms with E-state index >= 15 is 0 Å². The molecule has 2 aliphatic rings. The number of piperazine rings is 1. The predicted molar refractivity (Wildman–Crippen MR) is 110 cm³/mol. The highest BCUT2D eigenvalue weighted by atomic mass is 16.2. The van der Waals surface area contributed by atoms with Gasteiger partial charge in [-0.3, -0.25) is 14.4 Å². The van der Waals surface area contributed by atoms with Crippen molar-refractivity contribution in [2.75, 3.05) is 32.7 Å². The number of aromatic amines is 1. The molecular weight excluding hydrogens is 368 g/mol. The smallest absolute Gasteiger partial charge is 0.270 e. The summed E-state index contributed by atoms with van der Waals surface area (Å²) >= 11 is 0. The molecule has 0 bridgehead atoms. The molecule has 0 unspecified atom stereocenters. The molecule has 1 aromatic heterocycles. The van der Waals surface area contributed by atoms with Crippen molar-refractivity contribution in [2.24, 2.45) is 5.92 Å². The third-order valence-electron chi connectivity index (χ3n) is 6.07. The van der Waals surface area contributed by atoms with Crippen molar-refractivity contribution in [3.63, 3.8) is 0 Å². The summed E-state index contributed by atoms with van der Waals surface area (Å²) < 4.78 is 0. The number of nitrogens with zero attached hydrogens (tertiary/aromatic N) is 2. The molecule has 1 saturated heterocycles. The molecule has 0 atom stereocenters. The third-order valence-corrected chi connectivity index (χ3v) is 6.07. The van der Waals surface area contributed by atoms with Crippen LogP contribution in [0.5, 0.6) is 0 Å². The molecule has 2 heterocycles. The van der Waals surface area contributed by atoms with E-state index < -0.39 is 0 Å². The Kier molecular flexibility index (Phi) is 5.83. The monoisotopic (exact) mass is 396 g/mol. The van der Waals surface area contributed by atoms with Gasteiger partial charge in [0, 0.05) is 43.5 Å². The van der Waals surface area contributed by atoms with Crippen molar-refractivity contribution in [2.45, 2.75) is 32.1 Å². The van der Waals surface area contributed by atoms with Crippen LogP contribution in [0.25, 0.3) is 10.9 Å². The minimum Gasteiger partial charge on any atom is -0.351 e. The molecule has 7 nitrogen and oxygen atoms in total. The molecule has 1 aromatic carbocycles. The Morgan fingerprint density at radius 2 is 1.69 bits per heavy atom. The number of carbonyl (C=O) groups is 3. The number of hydrogen-bond donors (Lipinski definition) is 2. The first kappa shape index (κ1) is 19.5. The lowest BCUT2D eigenvalue weighted by atomic mass is 10.0. The SMILES string of the molecule is O=C(CC1CCCC1)NCC(=O)N1CCN(C(=O)c2cc3ccccc3[nH]2)CC1. The van der Waals surface area contributed by atoms with Crippen molar-refractivity contribution in [3.8, 4) is 0 Å². The predicted octanol–water partition coefficient (Wildman–Crippen LogP) is 2.15. The zero-order chi connectivity index (χ0) is 20.2.